The second kappa shape index (κ2) is 16.8. The van der Waals surface area contributed by atoms with Crippen molar-refractivity contribution in [1.82, 2.24) is 16.0 Å². The fraction of sp³-hybridized carbons (Fsp3) is 0.583. The Morgan fingerprint density at radius 1 is 0.946 bits per heavy atom. The predicted octanol–water partition coefficient (Wildman–Crippen LogP) is -0.936. The molecule has 1 aromatic rings. The van der Waals surface area contributed by atoms with Gasteiger partial charge in [-0.1, -0.05) is 18.6 Å². The van der Waals surface area contributed by atoms with Crippen molar-refractivity contribution in [3.05, 3.63) is 29.8 Å². The van der Waals surface area contributed by atoms with E-state index in [0.717, 1.165) is 0 Å². The first kappa shape index (κ1) is 32.2. The van der Waals surface area contributed by atoms with Crippen LogP contribution in [0, 0.1) is 0 Å². The van der Waals surface area contributed by atoms with Crippen LogP contribution in [0.5, 0.6) is 5.75 Å². The topological polar surface area (TPSA) is 217 Å². The summed E-state index contributed by atoms with van der Waals surface area (Å²) in [6, 6.07) is 1.46. The molecule has 13 heteroatoms. The summed E-state index contributed by atoms with van der Waals surface area (Å²) in [5.74, 6) is -2.88. The van der Waals surface area contributed by atoms with Gasteiger partial charge < -0.3 is 42.7 Å². The van der Waals surface area contributed by atoms with E-state index in [2.05, 4.69) is 16.0 Å². The Bertz CT molecular complexity index is 885. The van der Waals surface area contributed by atoms with E-state index in [1.165, 1.54) is 30.8 Å². The molecular weight excluding hydrogens is 502 g/mol. The molecule has 0 saturated heterocycles. The Hall–Kier alpha value is -2.87. The maximum absolute atomic E-state index is 13.3. The maximum atomic E-state index is 13.3. The number of aliphatic hydroxyl groups excluding tert-OH is 1. The first-order valence-electron chi connectivity index (χ1n) is 12.0. The van der Waals surface area contributed by atoms with Crippen molar-refractivity contribution < 1.29 is 34.5 Å². The highest BCUT2D eigenvalue weighted by molar-refractivity contribution is 7.98. The van der Waals surface area contributed by atoms with Gasteiger partial charge in [-0.05, 0) is 62.4 Å². The molecule has 37 heavy (non-hydrogen) atoms. The molecule has 1 aromatic carbocycles. The fourth-order valence-corrected chi connectivity index (χ4v) is 3.89. The first-order valence-corrected chi connectivity index (χ1v) is 13.4. The molecule has 0 saturated carbocycles. The lowest BCUT2D eigenvalue weighted by molar-refractivity contribution is -0.145. The van der Waals surface area contributed by atoms with Gasteiger partial charge in [0.15, 0.2) is 6.04 Å². The number of aromatic hydroxyl groups is 1. The number of carboxylic acids is 1. The molecule has 0 aliphatic carbocycles. The number of carbonyl (C=O) groups is 4. The molecule has 0 bridgehead atoms. The lowest BCUT2D eigenvalue weighted by Crippen LogP contribution is -2.58. The van der Waals surface area contributed by atoms with Crippen molar-refractivity contribution >= 4 is 35.5 Å². The molecule has 0 radical (unpaired) electrons. The number of phenolic OH excluding ortho intramolecular Hbond substituents is 1. The average molecular weight is 542 g/mol. The van der Waals surface area contributed by atoms with Crippen LogP contribution in [0.15, 0.2) is 24.3 Å². The molecule has 0 aromatic heterocycles. The molecule has 10 N–H and O–H groups in total. The molecular formula is C24H39N5O7S. The quantitative estimate of drug-likeness (QED) is 0.113. The number of phenols is 1. The van der Waals surface area contributed by atoms with Crippen LogP contribution in [0.1, 0.15) is 38.2 Å². The molecule has 0 heterocycles. The number of hydrogen-bond acceptors (Lipinski definition) is 9. The van der Waals surface area contributed by atoms with Crippen LogP contribution in [-0.2, 0) is 25.6 Å². The Balaban J connectivity index is 3.08. The Morgan fingerprint density at radius 3 is 2.08 bits per heavy atom. The SMILES string of the molecule is CSCCC(NC(=O)C(Cc1ccc(O)cc1)NC(=O)C(N)CCCCN)C(=O)NC(C(=O)O)C(C)O. The number of aliphatic hydroxyl groups is 1. The zero-order chi connectivity index (χ0) is 28.0. The third kappa shape index (κ3) is 11.8. The summed E-state index contributed by atoms with van der Waals surface area (Å²) >= 11 is 1.43. The Labute approximate surface area is 220 Å². The van der Waals surface area contributed by atoms with Crippen molar-refractivity contribution in [1.29, 1.82) is 0 Å². The van der Waals surface area contributed by atoms with Gasteiger partial charge in [0.05, 0.1) is 12.1 Å². The molecule has 0 aliphatic rings. The van der Waals surface area contributed by atoms with Crippen molar-refractivity contribution in [2.45, 2.75) is 69.3 Å². The molecule has 5 unspecified atom stereocenters. The highest BCUT2D eigenvalue weighted by Gasteiger charge is 2.31. The third-order valence-electron chi connectivity index (χ3n) is 5.61. The van der Waals surface area contributed by atoms with Crippen LogP contribution in [0.25, 0.3) is 0 Å². The molecule has 5 atom stereocenters. The van der Waals surface area contributed by atoms with Gasteiger partial charge in [-0.2, -0.15) is 11.8 Å². The monoisotopic (exact) mass is 541 g/mol. The van der Waals surface area contributed by atoms with E-state index in [1.54, 1.807) is 12.1 Å². The van der Waals surface area contributed by atoms with Crippen LogP contribution in [0.4, 0.5) is 0 Å². The minimum Gasteiger partial charge on any atom is -0.508 e. The van der Waals surface area contributed by atoms with E-state index < -0.39 is 54.0 Å². The van der Waals surface area contributed by atoms with Gasteiger partial charge in [0.2, 0.25) is 17.7 Å². The zero-order valence-corrected chi connectivity index (χ0v) is 22.0. The minimum absolute atomic E-state index is 0.0376. The second-order valence-electron chi connectivity index (χ2n) is 8.73. The van der Waals surface area contributed by atoms with Crippen LogP contribution in [0.2, 0.25) is 0 Å². The summed E-state index contributed by atoms with van der Waals surface area (Å²) in [6.45, 7) is 1.70. The third-order valence-corrected chi connectivity index (χ3v) is 6.25. The molecule has 0 aliphatic heterocycles. The zero-order valence-electron chi connectivity index (χ0n) is 21.2. The molecule has 0 fully saturated rings. The van der Waals surface area contributed by atoms with E-state index in [4.69, 9.17) is 11.5 Å². The Morgan fingerprint density at radius 2 is 1.54 bits per heavy atom. The molecule has 0 spiro atoms. The summed E-state index contributed by atoms with van der Waals surface area (Å²) in [6.07, 6.45) is 2.41. The van der Waals surface area contributed by atoms with E-state index in [9.17, 15) is 34.5 Å². The number of nitrogens with one attached hydrogen (secondary N) is 3. The van der Waals surface area contributed by atoms with Crippen molar-refractivity contribution in [2.24, 2.45) is 11.5 Å². The molecule has 208 valence electrons. The number of hydrogen-bond donors (Lipinski definition) is 8. The lowest BCUT2D eigenvalue weighted by atomic mass is 10.0. The summed E-state index contributed by atoms with van der Waals surface area (Å²) in [4.78, 5) is 50.2. The smallest absolute Gasteiger partial charge is 0.328 e. The second-order valence-corrected chi connectivity index (χ2v) is 9.72. The average Bonchev–Trinajstić information content (AvgIpc) is 2.85. The predicted molar refractivity (Wildman–Crippen MR) is 141 cm³/mol. The first-order chi connectivity index (χ1) is 17.5. The van der Waals surface area contributed by atoms with Gasteiger partial charge >= 0.3 is 5.97 Å². The number of aliphatic carboxylic acids is 1. The van der Waals surface area contributed by atoms with Gasteiger partial charge in [0.25, 0.3) is 0 Å². The molecule has 12 nitrogen and oxygen atoms in total. The van der Waals surface area contributed by atoms with Gasteiger partial charge in [-0.15, -0.1) is 0 Å². The fourth-order valence-electron chi connectivity index (χ4n) is 3.41. The van der Waals surface area contributed by atoms with Gasteiger partial charge in [0, 0.05) is 6.42 Å². The van der Waals surface area contributed by atoms with Crippen LogP contribution >= 0.6 is 11.8 Å². The highest BCUT2D eigenvalue weighted by Crippen LogP contribution is 2.12. The van der Waals surface area contributed by atoms with E-state index in [0.29, 0.717) is 37.1 Å². The van der Waals surface area contributed by atoms with Crippen molar-refractivity contribution in [2.75, 3.05) is 18.6 Å². The summed E-state index contributed by atoms with van der Waals surface area (Å²) in [7, 11) is 0. The number of amides is 3. The number of unbranched alkanes of at least 4 members (excludes halogenated alkanes) is 1. The van der Waals surface area contributed by atoms with Crippen molar-refractivity contribution in [3.63, 3.8) is 0 Å². The van der Waals surface area contributed by atoms with Crippen LogP contribution in [-0.4, -0.2) is 87.8 Å². The minimum atomic E-state index is -1.56. The highest BCUT2D eigenvalue weighted by atomic mass is 32.2. The normalized spacial score (nSPS) is 15.1. The maximum Gasteiger partial charge on any atom is 0.328 e. The van der Waals surface area contributed by atoms with Gasteiger partial charge in [-0.3, -0.25) is 14.4 Å². The van der Waals surface area contributed by atoms with Crippen LogP contribution in [0.3, 0.4) is 0 Å². The summed E-state index contributed by atoms with van der Waals surface area (Å²) in [5.41, 5.74) is 12.1. The number of nitrogens with two attached hydrogens (primary N) is 2. The number of benzene rings is 1. The largest absolute Gasteiger partial charge is 0.508 e. The number of thioether (sulfide) groups is 1. The number of carbonyl (C=O) groups excluding carboxylic acids is 3. The van der Waals surface area contributed by atoms with E-state index in [1.807, 2.05) is 6.26 Å². The Kier molecular flexibility index (Phi) is 14.6. The molecule has 3 amide bonds. The van der Waals surface area contributed by atoms with Gasteiger partial charge in [0.1, 0.15) is 17.8 Å². The van der Waals surface area contributed by atoms with E-state index >= 15 is 0 Å². The summed E-state index contributed by atoms with van der Waals surface area (Å²) in [5, 5.41) is 36.0. The summed E-state index contributed by atoms with van der Waals surface area (Å²) < 4.78 is 0. The molecule has 1 rings (SSSR count). The number of carboxylic acid groups (broad SMARTS) is 1. The van der Waals surface area contributed by atoms with Crippen LogP contribution < -0.4 is 27.4 Å². The standard InChI is InChI=1S/C24H39N5O7S/c1-14(30)20(24(35)36)29-22(33)18(10-12-37-2)27-23(34)19(13-15-6-8-16(31)9-7-15)28-21(32)17(26)5-3-4-11-25/h6-9,14,17-20,30-31H,3-5,10-13,25-26H2,1-2H3,(H,27,34)(H,28,32)(H,29,33)(H,35,36). The number of rotatable bonds is 17. The van der Waals surface area contributed by atoms with Gasteiger partial charge in [-0.25, -0.2) is 4.79 Å². The van der Waals surface area contributed by atoms with Crippen molar-refractivity contribution in [3.8, 4) is 5.75 Å². The lowest BCUT2D eigenvalue weighted by Gasteiger charge is -2.26. The van der Waals surface area contributed by atoms with E-state index in [-0.39, 0.29) is 18.6 Å².